The first-order chi connectivity index (χ1) is 14.0. The lowest BCUT2D eigenvalue weighted by molar-refractivity contribution is -0.133. The number of nitrogens with zero attached hydrogens (tertiary/aromatic N) is 3. The molecular formula is C22H29N3O3S. The third kappa shape index (κ3) is 5.88. The van der Waals surface area contributed by atoms with E-state index in [1.807, 2.05) is 23.1 Å². The molecule has 1 amide bonds. The van der Waals surface area contributed by atoms with Gasteiger partial charge in [-0.15, -0.1) is 0 Å². The highest BCUT2D eigenvalue weighted by atomic mass is 32.2. The average Bonchev–Trinajstić information content (AvgIpc) is 2.75. The van der Waals surface area contributed by atoms with E-state index in [0.717, 1.165) is 32.7 Å². The van der Waals surface area contributed by atoms with E-state index in [1.165, 1.54) is 9.87 Å². The second kappa shape index (κ2) is 10.0. The topological polar surface area (TPSA) is 60.9 Å². The fourth-order valence-electron chi connectivity index (χ4n) is 3.50. The Kier molecular flexibility index (Phi) is 7.41. The molecule has 0 bridgehead atoms. The van der Waals surface area contributed by atoms with Crippen molar-refractivity contribution >= 4 is 15.9 Å². The van der Waals surface area contributed by atoms with Gasteiger partial charge in [0.1, 0.15) is 0 Å². The summed E-state index contributed by atoms with van der Waals surface area (Å²) in [5.74, 6) is 0.106. The molecule has 29 heavy (non-hydrogen) atoms. The maximum atomic E-state index is 12.5. The van der Waals surface area contributed by atoms with E-state index >= 15 is 0 Å². The smallest absolute Gasteiger partial charge is 0.242 e. The van der Waals surface area contributed by atoms with Gasteiger partial charge in [-0.05, 0) is 24.1 Å². The monoisotopic (exact) mass is 415 g/mol. The molecule has 1 fully saturated rings. The summed E-state index contributed by atoms with van der Waals surface area (Å²) in [7, 11) is -1.93. The summed E-state index contributed by atoms with van der Waals surface area (Å²) in [6.07, 6.45) is 0.888. The maximum Gasteiger partial charge on any atom is 0.242 e. The van der Waals surface area contributed by atoms with Gasteiger partial charge in [0.05, 0.1) is 4.90 Å². The number of hydrogen-bond acceptors (Lipinski definition) is 4. The Morgan fingerprint density at radius 3 is 2.14 bits per heavy atom. The Morgan fingerprint density at radius 1 is 0.931 bits per heavy atom. The quantitative estimate of drug-likeness (QED) is 0.664. The minimum atomic E-state index is -3.50. The molecule has 0 aliphatic carbocycles. The van der Waals surface area contributed by atoms with Crippen LogP contribution in [0.25, 0.3) is 0 Å². The van der Waals surface area contributed by atoms with Crippen molar-refractivity contribution in [3.8, 4) is 0 Å². The summed E-state index contributed by atoms with van der Waals surface area (Å²) < 4.78 is 26.4. The van der Waals surface area contributed by atoms with Crippen molar-refractivity contribution < 1.29 is 13.2 Å². The van der Waals surface area contributed by atoms with Gasteiger partial charge in [0.25, 0.3) is 0 Å². The molecule has 0 unspecified atom stereocenters. The number of benzene rings is 2. The zero-order valence-corrected chi connectivity index (χ0v) is 17.7. The first kappa shape index (κ1) is 21.5. The second-order valence-electron chi connectivity index (χ2n) is 7.39. The molecule has 1 aliphatic heterocycles. The molecule has 6 nitrogen and oxygen atoms in total. The van der Waals surface area contributed by atoms with Crippen molar-refractivity contribution in [3.63, 3.8) is 0 Å². The minimum Gasteiger partial charge on any atom is -0.340 e. The number of amides is 1. The van der Waals surface area contributed by atoms with Crippen LogP contribution in [0.3, 0.4) is 0 Å². The van der Waals surface area contributed by atoms with E-state index in [0.29, 0.717) is 19.4 Å². The van der Waals surface area contributed by atoms with Crippen LogP contribution in [-0.2, 0) is 21.4 Å². The average molecular weight is 416 g/mol. The van der Waals surface area contributed by atoms with Crippen LogP contribution in [0, 0.1) is 0 Å². The second-order valence-corrected chi connectivity index (χ2v) is 9.43. The van der Waals surface area contributed by atoms with Crippen molar-refractivity contribution in [2.75, 3.05) is 39.8 Å². The van der Waals surface area contributed by atoms with Gasteiger partial charge in [0.15, 0.2) is 0 Å². The molecule has 2 aromatic rings. The Hall–Kier alpha value is -2.22. The van der Waals surface area contributed by atoms with Gasteiger partial charge in [-0.3, -0.25) is 9.69 Å². The summed E-state index contributed by atoms with van der Waals surface area (Å²) in [5, 5.41) is 0. The molecule has 1 heterocycles. The van der Waals surface area contributed by atoms with Crippen molar-refractivity contribution in [2.45, 2.75) is 24.3 Å². The number of sulfonamides is 1. The van der Waals surface area contributed by atoms with E-state index in [9.17, 15) is 13.2 Å². The highest BCUT2D eigenvalue weighted by Crippen LogP contribution is 2.15. The fraction of sp³-hybridized carbons (Fsp3) is 0.409. The lowest BCUT2D eigenvalue weighted by Crippen LogP contribution is -2.48. The van der Waals surface area contributed by atoms with Crippen LogP contribution in [0.2, 0.25) is 0 Å². The van der Waals surface area contributed by atoms with Gasteiger partial charge in [0.2, 0.25) is 15.9 Å². The molecule has 0 aromatic heterocycles. The first-order valence-electron chi connectivity index (χ1n) is 10.0. The lowest BCUT2D eigenvalue weighted by Gasteiger charge is -2.35. The summed E-state index contributed by atoms with van der Waals surface area (Å²) in [5.41, 5.74) is 1.29. The van der Waals surface area contributed by atoms with Crippen LogP contribution in [0.1, 0.15) is 18.4 Å². The van der Waals surface area contributed by atoms with Crippen LogP contribution >= 0.6 is 0 Å². The van der Waals surface area contributed by atoms with Crippen LogP contribution in [0.4, 0.5) is 0 Å². The van der Waals surface area contributed by atoms with E-state index in [2.05, 4.69) is 17.0 Å². The highest BCUT2D eigenvalue weighted by Gasteiger charge is 2.23. The van der Waals surface area contributed by atoms with Gasteiger partial charge in [-0.2, -0.15) is 0 Å². The molecule has 156 valence electrons. The van der Waals surface area contributed by atoms with Gasteiger partial charge in [0, 0.05) is 52.7 Å². The molecule has 1 aliphatic rings. The molecule has 1 saturated heterocycles. The number of rotatable bonds is 8. The zero-order chi connectivity index (χ0) is 20.7. The third-order valence-corrected chi connectivity index (χ3v) is 7.16. The van der Waals surface area contributed by atoms with E-state index < -0.39 is 10.0 Å². The number of carbonyl (C=O) groups is 1. The predicted molar refractivity (Wildman–Crippen MR) is 114 cm³/mol. The van der Waals surface area contributed by atoms with Crippen molar-refractivity contribution in [2.24, 2.45) is 0 Å². The Balaban J connectivity index is 1.40. The zero-order valence-electron chi connectivity index (χ0n) is 16.9. The Bertz CT molecular complexity index is 880. The molecule has 0 radical (unpaired) electrons. The molecule has 0 atom stereocenters. The molecule has 0 saturated carbocycles. The fourth-order valence-corrected chi connectivity index (χ4v) is 4.73. The van der Waals surface area contributed by atoms with Gasteiger partial charge in [-0.25, -0.2) is 12.7 Å². The van der Waals surface area contributed by atoms with Gasteiger partial charge >= 0.3 is 0 Å². The first-order valence-corrected chi connectivity index (χ1v) is 11.5. The molecule has 2 aromatic carbocycles. The normalized spacial score (nSPS) is 15.6. The Morgan fingerprint density at radius 2 is 1.52 bits per heavy atom. The molecule has 7 heteroatoms. The number of hydrogen-bond donors (Lipinski definition) is 0. The van der Waals surface area contributed by atoms with Crippen LogP contribution in [0.15, 0.2) is 65.6 Å². The van der Waals surface area contributed by atoms with Crippen LogP contribution in [-0.4, -0.2) is 68.2 Å². The van der Waals surface area contributed by atoms with E-state index in [-0.39, 0.29) is 10.8 Å². The molecule has 3 rings (SSSR count). The van der Waals surface area contributed by atoms with E-state index in [4.69, 9.17) is 0 Å². The molecular weight excluding hydrogens is 386 g/mol. The minimum absolute atomic E-state index is 0.106. The number of piperazine rings is 1. The van der Waals surface area contributed by atoms with E-state index in [1.54, 1.807) is 37.4 Å². The summed E-state index contributed by atoms with van der Waals surface area (Å²) in [6, 6.07) is 18.7. The summed E-state index contributed by atoms with van der Waals surface area (Å²) in [4.78, 5) is 17.0. The maximum absolute atomic E-state index is 12.5. The predicted octanol–water partition coefficient (Wildman–Crippen LogP) is 2.43. The van der Waals surface area contributed by atoms with Crippen LogP contribution in [0.5, 0.6) is 0 Å². The van der Waals surface area contributed by atoms with Crippen molar-refractivity contribution in [1.29, 1.82) is 0 Å². The standard InChI is InChI=1S/C22H29N3O3S/c1-23(29(27,28)21-11-6-3-7-12-21)14-8-13-22(26)25-17-15-24(16-18-25)19-20-9-4-2-5-10-20/h2-7,9-12H,8,13-19H2,1H3. The summed E-state index contributed by atoms with van der Waals surface area (Å²) >= 11 is 0. The third-order valence-electron chi connectivity index (χ3n) is 5.29. The molecule has 0 N–H and O–H groups in total. The molecule has 0 spiro atoms. The van der Waals surface area contributed by atoms with Gasteiger partial charge < -0.3 is 4.90 Å². The largest absolute Gasteiger partial charge is 0.340 e. The number of carbonyl (C=O) groups excluding carboxylic acids is 1. The van der Waals surface area contributed by atoms with Crippen LogP contribution < -0.4 is 0 Å². The lowest BCUT2D eigenvalue weighted by atomic mass is 10.2. The Labute approximate surface area is 173 Å². The summed E-state index contributed by atoms with van der Waals surface area (Å²) in [6.45, 7) is 4.42. The van der Waals surface area contributed by atoms with Crippen molar-refractivity contribution in [3.05, 3.63) is 66.2 Å². The SMILES string of the molecule is CN(CCCC(=O)N1CCN(Cc2ccccc2)CC1)S(=O)(=O)c1ccccc1. The van der Waals surface area contributed by atoms with Crippen molar-refractivity contribution in [1.82, 2.24) is 14.1 Å². The highest BCUT2D eigenvalue weighted by molar-refractivity contribution is 7.89. The van der Waals surface area contributed by atoms with Gasteiger partial charge in [-0.1, -0.05) is 48.5 Å².